The van der Waals surface area contributed by atoms with Crippen LogP contribution in [0.5, 0.6) is 0 Å². The minimum absolute atomic E-state index is 0.00914. The highest BCUT2D eigenvalue weighted by atomic mass is 19.2. The minimum Gasteiger partial charge on any atom is -0.355 e. The summed E-state index contributed by atoms with van der Waals surface area (Å²) in [7, 11) is 0. The van der Waals surface area contributed by atoms with Gasteiger partial charge in [0.05, 0.1) is 0 Å². The summed E-state index contributed by atoms with van der Waals surface area (Å²) in [4.78, 5) is 23.4. The van der Waals surface area contributed by atoms with Gasteiger partial charge in [-0.25, -0.2) is 8.78 Å². The molecule has 2 rings (SSSR count). The van der Waals surface area contributed by atoms with Crippen LogP contribution in [0.1, 0.15) is 36.0 Å². The van der Waals surface area contributed by atoms with E-state index in [1.54, 1.807) is 0 Å². The Hall–Kier alpha value is -1.82. The van der Waals surface area contributed by atoms with Crippen molar-refractivity contribution in [2.75, 3.05) is 6.54 Å². The van der Waals surface area contributed by atoms with Crippen LogP contribution >= 0.6 is 0 Å². The monoisotopic (exact) mass is 296 g/mol. The second-order valence-corrected chi connectivity index (χ2v) is 5.36. The average Bonchev–Trinajstić information content (AvgIpc) is 3.29. The maximum atomic E-state index is 13.0. The number of hydrogen-bond donors (Lipinski definition) is 2. The van der Waals surface area contributed by atoms with Crippen LogP contribution in [0.3, 0.4) is 0 Å². The number of Topliss-reactive ketones (excluding diaryl/α,β-unsaturated/α-hetero) is 1. The number of rotatable bonds is 7. The Kier molecular flexibility index (Phi) is 5.01. The number of carbonyl (C=O) groups excluding carboxylic acids is 2. The number of halogens is 2. The first-order valence-electron chi connectivity index (χ1n) is 6.98. The highest BCUT2D eigenvalue weighted by Crippen LogP contribution is 2.31. The number of ketones is 1. The standard InChI is InChI=1S/C15H18F2N2O2/c16-11-4-3-10(7-12(11)17)14(20)5-6-15(21)19-8-13(18)9-1-2-9/h3-4,7,9,13H,1-2,5-6,8,18H2,(H,19,21). The maximum Gasteiger partial charge on any atom is 0.220 e. The second-order valence-electron chi connectivity index (χ2n) is 5.36. The van der Waals surface area contributed by atoms with E-state index >= 15 is 0 Å². The van der Waals surface area contributed by atoms with Crippen molar-refractivity contribution < 1.29 is 18.4 Å². The van der Waals surface area contributed by atoms with Gasteiger partial charge in [-0.3, -0.25) is 9.59 Å². The molecule has 0 saturated heterocycles. The fraction of sp³-hybridized carbons (Fsp3) is 0.467. The van der Waals surface area contributed by atoms with Crippen LogP contribution in [0.2, 0.25) is 0 Å². The molecule has 4 nitrogen and oxygen atoms in total. The molecule has 0 aromatic heterocycles. The smallest absolute Gasteiger partial charge is 0.220 e. The number of nitrogens with one attached hydrogen (secondary N) is 1. The van der Waals surface area contributed by atoms with Crippen molar-refractivity contribution >= 4 is 11.7 Å². The molecule has 0 aliphatic heterocycles. The molecule has 0 spiro atoms. The van der Waals surface area contributed by atoms with E-state index in [4.69, 9.17) is 5.73 Å². The Morgan fingerprint density at radius 2 is 1.95 bits per heavy atom. The third-order valence-electron chi connectivity index (χ3n) is 3.58. The lowest BCUT2D eigenvalue weighted by Crippen LogP contribution is -2.38. The lowest BCUT2D eigenvalue weighted by Gasteiger charge is -2.11. The molecule has 1 aromatic carbocycles. The summed E-state index contributed by atoms with van der Waals surface area (Å²) in [5.41, 5.74) is 5.91. The molecule has 1 saturated carbocycles. The van der Waals surface area contributed by atoms with Gasteiger partial charge in [-0.15, -0.1) is 0 Å². The van der Waals surface area contributed by atoms with Gasteiger partial charge >= 0.3 is 0 Å². The summed E-state index contributed by atoms with van der Waals surface area (Å²) < 4.78 is 25.8. The normalized spacial score (nSPS) is 15.6. The summed E-state index contributed by atoms with van der Waals surface area (Å²) in [5.74, 6) is -2.23. The molecule has 1 atom stereocenters. The number of benzene rings is 1. The predicted molar refractivity (Wildman–Crippen MR) is 73.6 cm³/mol. The highest BCUT2D eigenvalue weighted by molar-refractivity contribution is 5.97. The van der Waals surface area contributed by atoms with Crippen LogP contribution in [-0.4, -0.2) is 24.3 Å². The molecule has 0 bridgehead atoms. The molecule has 1 fully saturated rings. The number of nitrogens with two attached hydrogens (primary N) is 1. The van der Waals surface area contributed by atoms with E-state index in [0.717, 1.165) is 25.0 Å². The Morgan fingerprint density at radius 3 is 2.57 bits per heavy atom. The largest absolute Gasteiger partial charge is 0.355 e. The van der Waals surface area contributed by atoms with Crippen LogP contribution in [0.4, 0.5) is 8.78 Å². The summed E-state index contributed by atoms with van der Waals surface area (Å²) in [6.07, 6.45) is 2.17. The first-order chi connectivity index (χ1) is 9.97. The molecule has 1 aliphatic carbocycles. The predicted octanol–water partition coefficient (Wildman–Crippen LogP) is 1.78. The van der Waals surface area contributed by atoms with Crippen molar-refractivity contribution in [3.05, 3.63) is 35.4 Å². The van der Waals surface area contributed by atoms with Crippen LogP contribution < -0.4 is 11.1 Å². The van der Waals surface area contributed by atoms with Crippen LogP contribution in [0, 0.1) is 17.6 Å². The molecule has 0 heterocycles. The van der Waals surface area contributed by atoms with E-state index in [0.29, 0.717) is 12.5 Å². The van der Waals surface area contributed by atoms with Gasteiger partial charge in [0.1, 0.15) is 0 Å². The summed E-state index contributed by atoms with van der Waals surface area (Å²) in [6.45, 7) is 0.406. The van der Waals surface area contributed by atoms with Gasteiger partial charge < -0.3 is 11.1 Å². The summed E-state index contributed by atoms with van der Waals surface area (Å²) in [5, 5.41) is 2.68. The van der Waals surface area contributed by atoms with Crippen LogP contribution in [0.15, 0.2) is 18.2 Å². The molecule has 114 valence electrons. The number of hydrogen-bond acceptors (Lipinski definition) is 3. The molecular formula is C15H18F2N2O2. The van der Waals surface area contributed by atoms with Crippen molar-refractivity contribution in [1.29, 1.82) is 0 Å². The van der Waals surface area contributed by atoms with Crippen LogP contribution in [-0.2, 0) is 4.79 Å². The van der Waals surface area contributed by atoms with Crippen molar-refractivity contribution in [3.63, 3.8) is 0 Å². The molecule has 21 heavy (non-hydrogen) atoms. The van der Waals surface area contributed by atoms with Crippen molar-refractivity contribution in [3.8, 4) is 0 Å². The topological polar surface area (TPSA) is 72.2 Å². The first-order valence-corrected chi connectivity index (χ1v) is 6.98. The summed E-state index contributed by atoms with van der Waals surface area (Å²) >= 11 is 0. The molecule has 1 amide bonds. The van der Waals surface area contributed by atoms with Gasteiger partial charge in [-0.1, -0.05) is 0 Å². The SMILES string of the molecule is NC(CNC(=O)CCC(=O)c1ccc(F)c(F)c1)C1CC1. The summed E-state index contributed by atoms with van der Waals surface area (Å²) in [6, 6.07) is 2.92. The molecule has 3 N–H and O–H groups in total. The third-order valence-corrected chi connectivity index (χ3v) is 3.58. The van der Waals surface area contributed by atoms with Crippen molar-refractivity contribution in [2.24, 2.45) is 11.7 Å². The van der Waals surface area contributed by atoms with Gasteiger partial charge in [0, 0.05) is 31.0 Å². The molecule has 1 aromatic rings. The molecule has 1 unspecified atom stereocenters. The number of carbonyl (C=O) groups is 2. The van der Waals surface area contributed by atoms with Gasteiger partial charge in [-0.05, 0) is 37.0 Å². The zero-order valence-electron chi connectivity index (χ0n) is 11.6. The van der Waals surface area contributed by atoms with E-state index in [9.17, 15) is 18.4 Å². The Labute approximate surface area is 121 Å². The second kappa shape index (κ2) is 6.76. The van der Waals surface area contributed by atoms with Gasteiger partial charge in [-0.2, -0.15) is 0 Å². The fourth-order valence-electron chi connectivity index (χ4n) is 2.05. The molecule has 1 aliphatic rings. The molecule has 0 radical (unpaired) electrons. The Balaban J connectivity index is 1.74. The van der Waals surface area contributed by atoms with E-state index in [1.807, 2.05) is 0 Å². The van der Waals surface area contributed by atoms with E-state index < -0.39 is 17.4 Å². The van der Waals surface area contributed by atoms with Gasteiger partial charge in [0.2, 0.25) is 5.91 Å². The van der Waals surface area contributed by atoms with E-state index in [-0.39, 0.29) is 30.4 Å². The number of amides is 1. The Bertz CT molecular complexity index is 544. The van der Waals surface area contributed by atoms with E-state index in [2.05, 4.69) is 5.32 Å². The van der Waals surface area contributed by atoms with E-state index in [1.165, 1.54) is 6.07 Å². The lowest BCUT2D eigenvalue weighted by molar-refractivity contribution is -0.121. The zero-order valence-corrected chi connectivity index (χ0v) is 11.6. The lowest BCUT2D eigenvalue weighted by atomic mass is 10.1. The highest BCUT2D eigenvalue weighted by Gasteiger charge is 2.28. The van der Waals surface area contributed by atoms with Crippen molar-refractivity contribution in [2.45, 2.75) is 31.7 Å². The molecular weight excluding hydrogens is 278 g/mol. The first kappa shape index (κ1) is 15.6. The third kappa shape index (κ3) is 4.60. The molecule has 6 heteroatoms. The quantitative estimate of drug-likeness (QED) is 0.753. The maximum absolute atomic E-state index is 13.0. The van der Waals surface area contributed by atoms with Crippen LogP contribution in [0.25, 0.3) is 0 Å². The zero-order chi connectivity index (χ0) is 15.4. The minimum atomic E-state index is -1.07. The average molecular weight is 296 g/mol. The van der Waals surface area contributed by atoms with Gasteiger partial charge in [0.15, 0.2) is 17.4 Å². The van der Waals surface area contributed by atoms with Gasteiger partial charge in [0.25, 0.3) is 0 Å². The Morgan fingerprint density at radius 1 is 1.24 bits per heavy atom. The fourth-order valence-corrected chi connectivity index (χ4v) is 2.05. The van der Waals surface area contributed by atoms with Crippen molar-refractivity contribution in [1.82, 2.24) is 5.32 Å².